The van der Waals surface area contributed by atoms with E-state index in [0.717, 1.165) is 43.2 Å². The highest BCUT2D eigenvalue weighted by Gasteiger charge is 2.20. The zero-order chi connectivity index (χ0) is 17.8. The maximum atomic E-state index is 10.7. The predicted octanol–water partition coefficient (Wildman–Crippen LogP) is 0.828. The Morgan fingerprint density at radius 1 is 1.20 bits per heavy atom. The molecule has 1 aliphatic heterocycles. The normalized spacial score (nSPS) is 16.0. The molecule has 1 aliphatic rings. The van der Waals surface area contributed by atoms with Gasteiger partial charge in [0, 0.05) is 43.4 Å². The van der Waals surface area contributed by atoms with Crippen LogP contribution in [-0.2, 0) is 11.3 Å². The summed E-state index contributed by atoms with van der Waals surface area (Å²) >= 11 is 0. The van der Waals surface area contributed by atoms with E-state index in [0.29, 0.717) is 12.1 Å². The molecule has 4 N–H and O–H groups in total. The minimum atomic E-state index is -0.788. The Labute approximate surface area is 145 Å². The van der Waals surface area contributed by atoms with Crippen LogP contribution < -0.4 is 5.73 Å². The SMILES string of the molecule is N=C(N)c1ccc(-c2cc(CN3CCN(CC(=O)O)CC3)on2)cc1. The molecule has 2 heterocycles. The number of nitrogens with two attached hydrogens (primary N) is 1. The van der Waals surface area contributed by atoms with Crippen molar-refractivity contribution in [2.45, 2.75) is 6.54 Å². The Bertz CT molecular complexity index is 748. The Kier molecular flexibility index (Phi) is 5.11. The molecule has 0 amide bonds. The molecular formula is C17H21N5O3. The summed E-state index contributed by atoms with van der Waals surface area (Å²) < 4.78 is 5.42. The van der Waals surface area contributed by atoms with Crippen molar-refractivity contribution in [3.8, 4) is 11.3 Å². The molecule has 0 unspecified atom stereocenters. The molecule has 25 heavy (non-hydrogen) atoms. The lowest BCUT2D eigenvalue weighted by Crippen LogP contribution is -2.47. The number of amidine groups is 1. The van der Waals surface area contributed by atoms with Crippen molar-refractivity contribution in [3.05, 3.63) is 41.7 Å². The first kappa shape index (κ1) is 17.1. The standard InChI is InChI=1S/C17H21N5O3/c18-17(19)13-3-1-12(2-4-13)15-9-14(25-20-15)10-21-5-7-22(8-6-21)11-16(23)24/h1-4,9H,5-8,10-11H2,(H3,18,19)(H,23,24). The van der Waals surface area contributed by atoms with Crippen molar-refractivity contribution in [1.29, 1.82) is 5.41 Å². The van der Waals surface area contributed by atoms with Crippen molar-refractivity contribution in [2.24, 2.45) is 5.73 Å². The molecule has 1 aromatic carbocycles. The molecule has 1 aromatic heterocycles. The fourth-order valence-corrected chi connectivity index (χ4v) is 2.86. The Balaban J connectivity index is 1.57. The first-order valence-corrected chi connectivity index (χ1v) is 8.08. The molecule has 132 valence electrons. The van der Waals surface area contributed by atoms with Gasteiger partial charge < -0.3 is 15.4 Å². The fraction of sp³-hybridized carbons (Fsp3) is 0.353. The Morgan fingerprint density at radius 2 is 1.84 bits per heavy atom. The van der Waals surface area contributed by atoms with Crippen molar-refractivity contribution in [3.63, 3.8) is 0 Å². The Morgan fingerprint density at radius 3 is 2.44 bits per heavy atom. The topological polar surface area (TPSA) is 120 Å². The van der Waals surface area contributed by atoms with Crippen LogP contribution in [0.5, 0.6) is 0 Å². The van der Waals surface area contributed by atoms with Gasteiger partial charge in [-0.3, -0.25) is 20.0 Å². The minimum Gasteiger partial charge on any atom is -0.480 e. The summed E-state index contributed by atoms with van der Waals surface area (Å²) in [4.78, 5) is 14.9. The quantitative estimate of drug-likeness (QED) is 0.525. The third-order valence-corrected chi connectivity index (χ3v) is 4.25. The van der Waals surface area contributed by atoms with Gasteiger partial charge in [-0.15, -0.1) is 0 Å². The molecule has 0 saturated carbocycles. The zero-order valence-electron chi connectivity index (χ0n) is 13.8. The van der Waals surface area contributed by atoms with Crippen LogP contribution in [0.4, 0.5) is 0 Å². The summed E-state index contributed by atoms with van der Waals surface area (Å²) in [5, 5.41) is 20.3. The summed E-state index contributed by atoms with van der Waals surface area (Å²) in [7, 11) is 0. The maximum absolute atomic E-state index is 10.7. The molecule has 8 nitrogen and oxygen atoms in total. The Hall–Kier alpha value is -2.71. The molecular weight excluding hydrogens is 322 g/mol. The summed E-state index contributed by atoms with van der Waals surface area (Å²) in [6.07, 6.45) is 0. The van der Waals surface area contributed by atoms with Gasteiger partial charge in [0.25, 0.3) is 0 Å². The van der Waals surface area contributed by atoms with Gasteiger partial charge >= 0.3 is 5.97 Å². The maximum Gasteiger partial charge on any atom is 0.317 e. The molecule has 0 bridgehead atoms. The molecule has 0 aliphatic carbocycles. The van der Waals surface area contributed by atoms with Gasteiger partial charge in [-0.25, -0.2) is 0 Å². The highest BCUT2D eigenvalue weighted by Crippen LogP contribution is 2.20. The average molecular weight is 343 g/mol. The number of carbonyl (C=O) groups is 1. The smallest absolute Gasteiger partial charge is 0.317 e. The van der Waals surface area contributed by atoms with Crippen LogP contribution in [0.25, 0.3) is 11.3 Å². The highest BCUT2D eigenvalue weighted by atomic mass is 16.5. The number of nitrogens with zero attached hydrogens (tertiary/aromatic N) is 3. The number of nitrogens with one attached hydrogen (secondary N) is 1. The lowest BCUT2D eigenvalue weighted by atomic mass is 10.1. The van der Waals surface area contributed by atoms with Gasteiger partial charge in [0.2, 0.25) is 0 Å². The van der Waals surface area contributed by atoms with E-state index in [1.165, 1.54) is 0 Å². The largest absolute Gasteiger partial charge is 0.480 e. The number of benzene rings is 1. The third-order valence-electron chi connectivity index (χ3n) is 4.25. The van der Waals surface area contributed by atoms with E-state index in [1.54, 1.807) is 12.1 Å². The zero-order valence-corrected chi connectivity index (χ0v) is 13.8. The van der Waals surface area contributed by atoms with E-state index in [4.69, 9.17) is 20.8 Å². The van der Waals surface area contributed by atoms with Crippen molar-refractivity contribution >= 4 is 11.8 Å². The van der Waals surface area contributed by atoms with E-state index in [9.17, 15) is 4.79 Å². The van der Waals surface area contributed by atoms with Crippen molar-refractivity contribution < 1.29 is 14.4 Å². The van der Waals surface area contributed by atoms with Gasteiger partial charge in [0.05, 0.1) is 13.1 Å². The highest BCUT2D eigenvalue weighted by molar-refractivity contribution is 5.95. The van der Waals surface area contributed by atoms with Crippen LogP contribution >= 0.6 is 0 Å². The van der Waals surface area contributed by atoms with Crippen LogP contribution in [0, 0.1) is 5.41 Å². The lowest BCUT2D eigenvalue weighted by Gasteiger charge is -2.33. The molecule has 2 aromatic rings. The number of carboxylic acid groups (broad SMARTS) is 1. The monoisotopic (exact) mass is 343 g/mol. The summed E-state index contributed by atoms with van der Waals surface area (Å²) in [5.74, 6) is 0.0240. The second-order valence-corrected chi connectivity index (χ2v) is 6.12. The summed E-state index contributed by atoms with van der Waals surface area (Å²) in [5.41, 5.74) is 7.78. The molecule has 8 heteroatoms. The van der Waals surface area contributed by atoms with E-state index >= 15 is 0 Å². The van der Waals surface area contributed by atoms with Gasteiger partial charge in [-0.05, 0) is 0 Å². The van der Waals surface area contributed by atoms with Gasteiger partial charge in [0.15, 0.2) is 5.76 Å². The number of aliphatic carboxylic acids is 1. The average Bonchev–Trinajstić information content (AvgIpc) is 3.05. The number of aromatic nitrogens is 1. The predicted molar refractivity (Wildman–Crippen MR) is 92.3 cm³/mol. The summed E-state index contributed by atoms with van der Waals surface area (Å²) in [6, 6.07) is 9.21. The number of piperazine rings is 1. The fourth-order valence-electron chi connectivity index (χ4n) is 2.86. The molecule has 3 rings (SSSR count). The molecule has 1 fully saturated rings. The van der Waals surface area contributed by atoms with Crippen molar-refractivity contribution in [1.82, 2.24) is 15.0 Å². The number of rotatable bonds is 6. The molecule has 0 radical (unpaired) electrons. The van der Waals surface area contributed by atoms with Gasteiger partial charge in [0.1, 0.15) is 11.5 Å². The van der Waals surface area contributed by atoms with Crippen molar-refractivity contribution in [2.75, 3.05) is 32.7 Å². The van der Waals surface area contributed by atoms with Crippen LogP contribution in [0.1, 0.15) is 11.3 Å². The molecule has 0 atom stereocenters. The number of hydrogen-bond acceptors (Lipinski definition) is 6. The first-order chi connectivity index (χ1) is 12.0. The van der Waals surface area contributed by atoms with Crippen LogP contribution in [0.3, 0.4) is 0 Å². The minimum absolute atomic E-state index is 0.0365. The molecule has 0 spiro atoms. The number of hydrogen-bond donors (Lipinski definition) is 3. The second-order valence-electron chi connectivity index (χ2n) is 6.12. The van der Waals surface area contributed by atoms with E-state index in [1.807, 2.05) is 23.1 Å². The van der Waals surface area contributed by atoms with Gasteiger partial charge in [-0.2, -0.15) is 0 Å². The summed E-state index contributed by atoms with van der Waals surface area (Å²) in [6.45, 7) is 3.82. The molecule has 1 saturated heterocycles. The number of nitrogen functional groups attached to an aromatic ring is 1. The second kappa shape index (κ2) is 7.45. The van der Waals surface area contributed by atoms with Crippen LogP contribution in [0.2, 0.25) is 0 Å². The number of carboxylic acids is 1. The van der Waals surface area contributed by atoms with E-state index in [-0.39, 0.29) is 12.4 Å². The van der Waals surface area contributed by atoms with Crippen LogP contribution in [-0.4, -0.2) is 64.6 Å². The van der Waals surface area contributed by atoms with Gasteiger partial charge in [-0.1, -0.05) is 29.4 Å². The first-order valence-electron chi connectivity index (χ1n) is 8.08. The third kappa shape index (κ3) is 4.43. The van der Waals surface area contributed by atoms with Crippen LogP contribution in [0.15, 0.2) is 34.9 Å². The lowest BCUT2D eigenvalue weighted by molar-refractivity contribution is -0.138. The van der Waals surface area contributed by atoms with E-state index in [2.05, 4.69) is 10.1 Å². The van der Waals surface area contributed by atoms with E-state index < -0.39 is 5.97 Å².